The summed E-state index contributed by atoms with van der Waals surface area (Å²) in [6.07, 6.45) is -1.30. The summed E-state index contributed by atoms with van der Waals surface area (Å²) < 4.78 is 0. The summed E-state index contributed by atoms with van der Waals surface area (Å²) in [6, 6.07) is 0. The van der Waals surface area contributed by atoms with E-state index in [0.29, 0.717) is 24.6 Å². The summed E-state index contributed by atoms with van der Waals surface area (Å²) in [5.74, 6) is 0. The lowest BCUT2D eigenvalue weighted by Crippen LogP contribution is -2.31. The van der Waals surface area contributed by atoms with Crippen molar-refractivity contribution in [1.29, 1.82) is 0 Å². The first kappa shape index (κ1) is 8.86. The lowest BCUT2D eigenvalue weighted by molar-refractivity contribution is 0.0572. The fourth-order valence-corrected chi connectivity index (χ4v) is 1.38. The molecule has 0 aromatic heterocycles. The molecule has 4 N–H and O–H groups in total. The highest BCUT2D eigenvalue weighted by atomic mass is 32.1. The Hall–Kier alpha value is -0.230. The van der Waals surface area contributed by atoms with Crippen molar-refractivity contribution in [1.82, 2.24) is 4.90 Å². The number of nitrogens with zero attached hydrogens (tertiary/aromatic N) is 1. The van der Waals surface area contributed by atoms with E-state index in [0.717, 1.165) is 0 Å². The van der Waals surface area contributed by atoms with Gasteiger partial charge in [-0.3, -0.25) is 4.90 Å². The van der Waals surface area contributed by atoms with Gasteiger partial charge in [0.05, 0.1) is 17.2 Å². The molecule has 0 amide bonds. The zero-order valence-electron chi connectivity index (χ0n) is 6.10. The molecule has 1 aliphatic rings. The number of nitrogens with two attached hydrogens (primary N) is 1. The van der Waals surface area contributed by atoms with Gasteiger partial charge in [0, 0.05) is 19.6 Å². The van der Waals surface area contributed by atoms with Crippen molar-refractivity contribution in [2.75, 3.05) is 19.6 Å². The van der Waals surface area contributed by atoms with Crippen molar-refractivity contribution < 1.29 is 10.2 Å². The Morgan fingerprint density at radius 2 is 1.91 bits per heavy atom. The van der Waals surface area contributed by atoms with Gasteiger partial charge in [0.1, 0.15) is 0 Å². The molecule has 0 aliphatic carbocycles. The van der Waals surface area contributed by atoms with E-state index in [2.05, 4.69) is 12.2 Å². The van der Waals surface area contributed by atoms with Crippen molar-refractivity contribution in [3.63, 3.8) is 0 Å². The first-order valence-corrected chi connectivity index (χ1v) is 3.87. The molecule has 1 rings (SSSR count). The second-order valence-corrected chi connectivity index (χ2v) is 3.32. The van der Waals surface area contributed by atoms with Gasteiger partial charge in [-0.05, 0) is 0 Å². The lowest BCUT2D eigenvalue weighted by Gasteiger charge is -2.12. The number of thiocarbonyl (C=S) groups is 1. The standard InChI is InChI=1S/C6H12N2O2S/c7-6(11)3-8-1-4(9)5(10)2-8/h4-5,9-10H,1-3H2,(H2,7,11). The minimum Gasteiger partial charge on any atom is -0.392 e. The molecule has 1 fully saturated rings. The topological polar surface area (TPSA) is 69.7 Å². The van der Waals surface area contributed by atoms with Crippen molar-refractivity contribution in [2.24, 2.45) is 5.73 Å². The first-order chi connectivity index (χ1) is 5.09. The number of rotatable bonds is 2. The Bertz CT molecular complexity index is 155. The third kappa shape index (κ3) is 2.37. The minimum atomic E-state index is -0.649. The van der Waals surface area contributed by atoms with Gasteiger partial charge in [-0.2, -0.15) is 0 Å². The van der Waals surface area contributed by atoms with E-state index < -0.39 is 12.2 Å². The van der Waals surface area contributed by atoms with Crippen LogP contribution in [0.4, 0.5) is 0 Å². The van der Waals surface area contributed by atoms with Crippen molar-refractivity contribution in [3.8, 4) is 0 Å². The third-order valence-corrected chi connectivity index (χ3v) is 1.84. The van der Waals surface area contributed by atoms with Crippen LogP contribution in [0.2, 0.25) is 0 Å². The molecule has 2 unspecified atom stereocenters. The van der Waals surface area contributed by atoms with Gasteiger partial charge in [-0.1, -0.05) is 12.2 Å². The van der Waals surface area contributed by atoms with E-state index in [-0.39, 0.29) is 0 Å². The fourth-order valence-electron chi connectivity index (χ4n) is 1.20. The maximum Gasteiger partial charge on any atom is 0.0938 e. The highest BCUT2D eigenvalue weighted by molar-refractivity contribution is 7.80. The van der Waals surface area contributed by atoms with E-state index in [1.807, 2.05) is 4.90 Å². The first-order valence-electron chi connectivity index (χ1n) is 3.46. The molecule has 0 spiro atoms. The summed E-state index contributed by atoms with van der Waals surface area (Å²) in [6.45, 7) is 1.39. The summed E-state index contributed by atoms with van der Waals surface area (Å²) in [5, 5.41) is 18.2. The zero-order chi connectivity index (χ0) is 8.43. The van der Waals surface area contributed by atoms with Crippen LogP contribution in [-0.4, -0.2) is 51.9 Å². The molecule has 0 saturated carbocycles. The normalized spacial score (nSPS) is 32.5. The van der Waals surface area contributed by atoms with Crippen LogP contribution in [0.3, 0.4) is 0 Å². The molecule has 0 aromatic carbocycles. The van der Waals surface area contributed by atoms with Gasteiger partial charge >= 0.3 is 0 Å². The number of hydrogen-bond donors (Lipinski definition) is 3. The van der Waals surface area contributed by atoms with Gasteiger partial charge in [0.2, 0.25) is 0 Å². The van der Waals surface area contributed by atoms with E-state index in [4.69, 9.17) is 15.9 Å². The van der Waals surface area contributed by atoms with Crippen LogP contribution in [0.5, 0.6) is 0 Å². The van der Waals surface area contributed by atoms with E-state index in [1.165, 1.54) is 0 Å². The Morgan fingerprint density at radius 1 is 1.45 bits per heavy atom. The molecular weight excluding hydrogens is 164 g/mol. The molecule has 1 heterocycles. The third-order valence-electron chi connectivity index (χ3n) is 1.71. The fraction of sp³-hybridized carbons (Fsp3) is 0.833. The van der Waals surface area contributed by atoms with Gasteiger partial charge in [-0.25, -0.2) is 0 Å². The molecule has 5 heteroatoms. The molecule has 4 nitrogen and oxygen atoms in total. The summed E-state index contributed by atoms with van der Waals surface area (Å²) in [7, 11) is 0. The van der Waals surface area contributed by atoms with E-state index in [1.54, 1.807) is 0 Å². The highest BCUT2D eigenvalue weighted by Crippen LogP contribution is 2.08. The predicted octanol–water partition coefficient (Wildman–Crippen LogP) is -1.69. The van der Waals surface area contributed by atoms with Gasteiger partial charge in [-0.15, -0.1) is 0 Å². The van der Waals surface area contributed by atoms with Gasteiger partial charge in [0.15, 0.2) is 0 Å². The van der Waals surface area contributed by atoms with Crippen LogP contribution in [0.25, 0.3) is 0 Å². The summed E-state index contributed by atoms with van der Waals surface area (Å²) in [5.41, 5.74) is 5.29. The quantitative estimate of drug-likeness (QED) is 0.438. The summed E-state index contributed by atoms with van der Waals surface area (Å²) >= 11 is 4.68. The second-order valence-electron chi connectivity index (χ2n) is 2.80. The summed E-state index contributed by atoms with van der Waals surface area (Å²) in [4.78, 5) is 2.23. The minimum absolute atomic E-state index is 0.395. The maximum atomic E-state index is 9.11. The number of hydrogen-bond acceptors (Lipinski definition) is 4. The highest BCUT2D eigenvalue weighted by Gasteiger charge is 2.29. The molecule has 0 radical (unpaired) electrons. The number of likely N-dealkylation sites (tertiary alicyclic amines) is 1. The second kappa shape index (κ2) is 3.44. The van der Waals surface area contributed by atoms with E-state index in [9.17, 15) is 0 Å². The number of β-amino-alcohol motifs (C(OH)–C–C–N with tert-alkyl or cyclic N) is 2. The average molecular weight is 176 g/mol. The van der Waals surface area contributed by atoms with Crippen molar-refractivity contribution in [3.05, 3.63) is 0 Å². The predicted molar refractivity (Wildman–Crippen MR) is 45.2 cm³/mol. The van der Waals surface area contributed by atoms with E-state index >= 15 is 0 Å². The van der Waals surface area contributed by atoms with Gasteiger partial charge < -0.3 is 15.9 Å². The molecule has 1 saturated heterocycles. The van der Waals surface area contributed by atoms with Crippen LogP contribution >= 0.6 is 12.2 Å². The van der Waals surface area contributed by atoms with Crippen molar-refractivity contribution >= 4 is 17.2 Å². The molecule has 0 aromatic rings. The van der Waals surface area contributed by atoms with Crippen LogP contribution in [-0.2, 0) is 0 Å². The monoisotopic (exact) mass is 176 g/mol. The van der Waals surface area contributed by atoms with Crippen LogP contribution in [0.1, 0.15) is 0 Å². The Kier molecular flexibility index (Phi) is 2.78. The lowest BCUT2D eigenvalue weighted by atomic mass is 10.3. The molecule has 2 atom stereocenters. The average Bonchev–Trinajstić information content (AvgIpc) is 2.10. The van der Waals surface area contributed by atoms with Gasteiger partial charge in [0.25, 0.3) is 0 Å². The molecule has 64 valence electrons. The maximum absolute atomic E-state index is 9.11. The number of aliphatic hydroxyl groups is 2. The Labute approximate surface area is 70.6 Å². The molecule has 1 aliphatic heterocycles. The SMILES string of the molecule is NC(=S)CN1CC(O)C(O)C1. The number of aliphatic hydroxyl groups excluding tert-OH is 2. The van der Waals surface area contributed by atoms with Crippen LogP contribution < -0.4 is 5.73 Å². The largest absolute Gasteiger partial charge is 0.392 e. The van der Waals surface area contributed by atoms with Crippen molar-refractivity contribution in [2.45, 2.75) is 12.2 Å². The van der Waals surface area contributed by atoms with Crippen LogP contribution in [0, 0.1) is 0 Å². The Morgan fingerprint density at radius 3 is 2.27 bits per heavy atom. The molecular formula is C6H12N2O2S. The van der Waals surface area contributed by atoms with Crippen LogP contribution in [0.15, 0.2) is 0 Å². The zero-order valence-corrected chi connectivity index (χ0v) is 6.92. The smallest absolute Gasteiger partial charge is 0.0938 e. The Balaban J connectivity index is 2.35. The molecule has 11 heavy (non-hydrogen) atoms. The molecule has 0 bridgehead atoms.